The molecule has 1 spiro atoms. The minimum Gasteiger partial charge on any atom is -0.480 e. The molecule has 0 saturated carbocycles. The number of para-hydroxylation sites is 1. The molecule has 1 saturated heterocycles. The Labute approximate surface area is 165 Å². The van der Waals surface area contributed by atoms with Crippen LogP contribution in [0.2, 0.25) is 0 Å². The fourth-order valence-corrected chi connectivity index (χ4v) is 4.46. The van der Waals surface area contributed by atoms with E-state index >= 15 is 0 Å². The molecule has 28 heavy (non-hydrogen) atoms. The Hall–Kier alpha value is -2.89. The highest BCUT2D eigenvalue weighted by atomic mass is 16.5. The summed E-state index contributed by atoms with van der Waals surface area (Å²) < 4.78 is 9.03. The Morgan fingerprint density at radius 2 is 1.79 bits per heavy atom. The Morgan fingerprint density at radius 3 is 2.54 bits per heavy atom. The number of anilines is 1. The number of rotatable bonds is 3. The van der Waals surface area contributed by atoms with E-state index in [1.54, 1.807) is 12.4 Å². The van der Waals surface area contributed by atoms with Gasteiger partial charge in [-0.1, -0.05) is 26.0 Å². The summed E-state index contributed by atoms with van der Waals surface area (Å²) in [4.78, 5) is 15.9. The maximum atomic E-state index is 6.72. The molecule has 6 nitrogen and oxygen atoms in total. The van der Waals surface area contributed by atoms with Gasteiger partial charge in [0.15, 0.2) is 5.60 Å². The second-order valence-electron chi connectivity index (χ2n) is 8.12. The molecule has 6 heteroatoms. The molecule has 0 unspecified atom stereocenters. The topological polar surface area (TPSA) is 56.1 Å². The summed E-state index contributed by atoms with van der Waals surface area (Å²) in [5, 5.41) is 0. The van der Waals surface area contributed by atoms with Crippen LogP contribution >= 0.6 is 0 Å². The maximum absolute atomic E-state index is 6.72. The third-order valence-corrected chi connectivity index (χ3v) is 5.68. The predicted molar refractivity (Wildman–Crippen MR) is 108 cm³/mol. The van der Waals surface area contributed by atoms with Crippen molar-refractivity contribution in [2.45, 2.75) is 38.8 Å². The molecular formula is C22H25N5O. The van der Waals surface area contributed by atoms with Crippen LogP contribution in [0, 0.1) is 5.92 Å². The number of nitrogens with zero attached hydrogens (tertiary/aromatic N) is 5. The van der Waals surface area contributed by atoms with Gasteiger partial charge in [0.25, 0.3) is 0 Å². The number of aromatic nitrogens is 4. The minimum atomic E-state index is -0.347. The average molecular weight is 375 g/mol. The molecule has 2 aliphatic heterocycles. The molecule has 5 rings (SSSR count). The molecule has 0 amide bonds. The molecule has 1 aromatic carbocycles. The van der Waals surface area contributed by atoms with Crippen molar-refractivity contribution in [3.63, 3.8) is 0 Å². The standard InChI is InChI=1S/C22H25N5O/c1-16(2)14-27-15-25-19-17-6-3-4-7-18(17)28-22(20(19)27)8-12-26(13-9-22)21-23-10-5-11-24-21/h3-7,10-11,15-16H,8-9,12-14H2,1-2H3. The van der Waals surface area contributed by atoms with E-state index in [4.69, 9.17) is 9.72 Å². The molecule has 1 fully saturated rings. The molecule has 3 aromatic rings. The zero-order valence-corrected chi connectivity index (χ0v) is 16.4. The Morgan fingerprint density at radius 1 is 1.04 bits per heavy atom. The van der Waals surface area contributed by atoms with Crippen LogP contribution in [0.4, 0.5) is 5.95 Å². The molecule has 2 aliphatic rings. The molecular weight excluding hydrogens is 350 g/mol. The van der Waals surface area contributed by atoms with E-state index in [1.165, 1.54) is 5.69 Å². The molecule has 0 radical (unpaired) electrons. The van der Waals surface area contributed by atoms with Gasteiger partial charge in [0, 0.05) is 50.4 Å². The second-order valence-corrected chi connectivity index (χ2v) is 8.12. The number of ether oxygens (including phenoxy) is 1. The normalized spacial score (nSPS) is 17.3. The number of fused-ring (bicyclic) bond motifs is 4. The van der Waals surface area contributed by atoms with Gasteiger partial charge >= 0.3 is 0 Å². The minimum absolute atomic E-state index is 0.347. The molecule has 0 atom stereocenters. The maximum Gasteiger partial charge on any atom is 0.225 e. The van der Waals surface area contributed by atoms with Crippen LogP contribution in [0.25, 0.3) is 11.3 Å². The first-order valence-corrected chi connectivity index (χ1v) is 10.0. The number of piperidine rings is 1. The van der Waals surface area contributed by atoms with Crippen molar-refractivity contribution in [3.05, 3.63) is 54.7 Å². The van der Waals surface area contributed by atoms with Crippen molar-refractivity contribution in [1.29, 1.82) is 0 Å². The third-order valence-electron chi connectivity index (χ3n) is 5.68. The highest BCUT2D eigenvalue weighted by Crippen LogP contribution is 2.49. The number of hydrogen-bond donors (Lipinski definition) is 0. The monoisotopic (exact) mass is 375 g/mol. The lowest BCUT2D eigenvalue weighted by atomic mass is 9.83. The molecule has 4 heterocycles. The summed E-state index contributed by atoms with van der Waals surface area (Å²) in [6.07, 6.45) is 7.36. The predicted octanol–water partition coefficient (Wildman–Crippen LogP) is 3.88. The van der Waals surface area contributed by atoms with Crippen LogP contribution in [-0.2, 0) is 12.1 Å². The van der Waals surface area contributed by atoms with E-state index in [0.717, 1.165) is 55.4 Å². The van der Waals surface area contributed by atoms with E-state index in [2.05, 4.69) is 51.5 Å². The van der Waals surface area contributed by atoms with E-state index in [-0.39, 0.29) is 5.60 Å². The van der Waals surface area contributed by atoms with E-state index < -0.39 is 0 Å². The second kappa shape index (κ2) is 6.62. The van der Waals surface area contributed by atoms with E-state index in [1.807, 2.05) is 18.5 Å². The fraction of sp³-hybridized carbons (Fsp3) is 0.409. The van der Waals surface area contributed by atoms with Crippen LogP contribution in [0.15, 0.2) is 49.1 Å². The largest absolute Gasteiger partial charge is 0.480 e. The number of imidazole rings is 1. The summed E-state index contributed by atoms with van der Waals surface area (Å²) in [5.41, 5.74) is 3.06. The summed E-state index contributed by atoms with van der Waals surface area (Å²) >= 11 is 0. The Balaban J connectivity index is 1.53. The van der Waals surface area contributed by atoms with E-state index in [0.29, 0.717) is 5.92 Å². The first-order chi connectivity index (χ1) is 13.7. The zero-order chi connectivity index (χ0) is 19.1. The van der Waals surface area contributed by atoms with Crippen LogP contribution in [-0.4, -0.2) is 32.6 Å². The lowest BCUT2D eigenvalue weighted by Crippen LogP contribution is -2.49. The number of benzene rings is 1. The highest BCUT2D eigenvalue weighted by molar-refractivity contribution is 5.72. The van der Waals surface area contributed by atoms with Crippen molar-refractivity contribution in [3.8, 4) is 17.0 Å². The summed E-state index contributed by atoms with van der Waals surface area (Å²) in [6.45, 7) is 7.15. The Bertz CT molecular complexity index is 974. The van der Waals surface area contributed by atoms with Crippen LogP contribution in [0.1, 0.15) is 32.4 Å². The molecule has 0 aliphatic carbocycles. The van der Waals surface area contributed by atoms with Crippen molar-refractivity contribution in [1.82, 2.24) is 19.5 Å². The third kappa shape index (κ3) is 2.75. The first-order valence-electron chi connectivity index (χ1n) is 10.0. The fourth-order valence-electron chi connectivity index (χ4n) is 4.46. The summed E-state index contributed by atoms with van der Waals surface area (Å²) in [7, 11) is 0. The van der Waals surface area contributed by atoms with Gasteiger partial charge in [0.2, 0.25) is 5.95 Å². The molecule has 0 bridgehead atoms. The lowest BCUT2D eigenvalue weighted by Gasteiger charge is -2.44. The summed E-state index contributed by atoms with van der Waals surface area (Å²) in [6, 6.07) is 10.1. The van der Waals surface area contributed by atoms with Gasteiger partial charge in [0.05, 0.1) is 17.7 Å². The highest BCUT2D eigenvalue weighted by Gasteiger charge is 2.46. The van der Waals surface area contributed by atoms with Gasteiger partial charge in [-0.25, -0.2) is 15.0 Å². The quantitative estimate of drug-likeness (QED) is 0.695. The van der Waals surface area contributed by atoms with Gasteiger partial charge in [-0.15, -0.1) is 0 Å². The number of hydrogen-bond acceptors (Lipinski definition) is 5. The van der Waals surface area contributed by atoms with Crippen molar-refractivity contribution in [2.24, 2.45) is 5.92 Å². The molecule has 144 valence electrons. The molecule has 0 N–H and O–H groups in total. The van der Waals surface area contributed by atoms with Gasteiger partial charge in [-0.3, -0.25) is 0 Å². The first kappa shape index (κ1) is 17.2. The van der Waals surface area contributed by atoms with Crippen LogP contribution in [0.5, 0.6) is 5.75 Å². The van der Waals surface area contributed by atoms with Gasteiger partial charge in [0.1, 0.15) is 5.75 Å². The van der Waals surface area contributed by atoms with Crippen molar-refractivity contribution < 1.29 is 4.74 Å². The smallest absolute Gasteiger partial charge is 0.225 e. The SMILES string of the molecule is CC(C)Cn1cnc2c1C1(CCN(c3ncccn3)CC1)Oc1ccccc1-2. The van der Waals surface area contributed by atoms with Crippen molar-refractivity contribution >= 4 is 5.95 Å². The van der Waals surface area contributed by atoms with Crippen LogP contribution in [0.3, 0.4) is 0 Å². The Kier molecular flexibility index (Phi) is 4.07. The van der Waals surface area contributed by atoms with Gasteiger partial charge in [-0.2, -0.15) is 0 Å². The van der Waals surface area contributed by atoms with Crippen LogP contribution < -0.4 is 9.64 Å². The van der Waals surface area contributed by atoms with Crippen molar-refractivity contribution in [2.75, 3.05) is 18.0 Å². The zero-order valence-electron chi connectivity index (χ0n) is 16.4. The van der Waals surface area contributed by atoms with E-state index in [9.17, 15) is 0 Å². The molecule has 2 aromatic heterocycles. The average Bonchev–Trinajstić information content (AvgIpc) is 3.14. The summed E-state index contributed by atoms with van der Waals surface area (Å²) in [5.74, 6) is 2.28. The van der Waals surface area contributed by atoms with Gasteiger partial charge in [-0.05, 0) is 24.1 Å². The van der Waals surface area contributed by atoms with Gasteiger partial charge < -0.3 is 14.2 Å². The lowest BCUT2D eigenvalue weighted by molar-refractivity contribution is 0.0283.